The molecule has 434 valence electrons. The van der Waals surface area contributed by atoms with Crippen LogP contribution in [0, 0.1) is 24.1 Å². The lowest BCUT2D eigenvalue weighted by Gasteiger charge is -2.36. The van der Waals surface area contributed by atoms with Crippen molar-refractivity contribution in [1.82, 2.24) is 40.7 Å². The number of rotatable bonds is 20. The number of allylic oxidation sites excluding steroid dienone is 3. The van der Waals surface area contributed by atoms with Gasteiger partial charge in [-0.3, -0.25) is 19.5 Å². The van der Waals surface area contributed by atoms with Crippen LogP contribution < -0.4 is 32.2 Å². The van der Waals surface area contributed by atoms with Gasteiger partial charge in [-0.2, -0.15) is 4.99 Å². The number of nitrogen functional groups attached to an aromatic ring is 1. The van der Waals surface area contributed by atoms with Gasteiger partial charge in [0.1, 0.15) is 42.0 Å². The molecule has 2 bridgehead atoms. The minimum atomic E-state index is -0.736. The molecule has 7 aliphatic rings. The minimum Gasteiger partial charge on any atom is -0.486 e. The second kappa shape index (κ2) is 24.7. The fourth-order valence-electron chi connectivity index (χ4n) is 13.0. The Morgan fingerprint density at radius 1 is 1.09 bits per heavy atom. The molecule has 4 saturated heterocycles. The Kier molecular flexibility index (Phi) is 17.0. The number of hydrogen-bond donors (Lipinski definition) is 7. The fraction of sp³-hybridized carbons (Fsp3) is 0.500. The van der Waals surface area contributed by atoms with Crippen LogP contribution in [0.3, 0.4) is 0 Å². The van der Waals surface area contributed by atoms with Crippen molar-refractivity contribution >= 4 is 41.6 Å². The van der Waals surface area contributed by atoms with Crippen LogP contribution in [0.5, 0.6) is 5.75 Å². The largest absolute Gasteiger partial charge is 0.486 e. The summed E-state index contributed by atoms with van der Waals surface area (Å²) in [4.78, 5) is 42.5. The molecule has 0 spiro atoms. The van der Waals surface area contributed by atoms with Crippen molar-refractivity contribution in [2.24, 2.45) is 21.6 Å². The van der Waals surface area contributed by atoms with Gasteiger partial charge < -0.3 is 57.0 Å². The van der Waals surface area contributed by atoms with Gasteiger partial charge in [-0.15, -0.1) is 5.10 Å². The maximum absolute atomic E-state index is 16.1. The maximum atomic E-state index is 16.1. The summed E-state index contributed by atoms with van der Waals surface area (Å²) in [6.07, 6.45) is 18.1. The molecule has 2 aliphatic carbocycles. The smallest absolute Gasteiger partial charge is 0.287 e. The molecule has 2 amide bonds. The number of nitrogens with one attached hydrogen (secondary N) is 4. The molecule has 4 aromatic rings. The number of anilines is 1. The van der Waals surface area contributed by atoms with Crippen molar-refractivity contribution in [1.29, 1.82) is 5.41 Å². The minimum absolute atomic E-state index is 0.00325. The molecule has 5 aliphatic heterocycles. The number of benzene rings is 3. The molecule has 19 nitrogen and oxygen atoms in total. The topological polar surface area (TPSA) is 256 Å². The molecule has 6 heterocycles. The van der Waals surface area contributed by atoms with Crippen molar-refractivity contribution in [2.75, 3.05) is 51.7 Å². The van der Waals surface area contributed by atoms with Crippen LogP contribution in [-0.2, 0) is 25.7 Å². The zero-order chi connectivity index (χ0) is 57.2. The van der Waals surface area contributed by atoms with Gasteiger partial charge in [-0.25, -0.2) is 9.07 Å². The van der Waals surface area contributed by atoms with Gasteiger partial charge in [-0.1, -0.05) is 68.5 Å². The van der Waals surface area contributed by atoms with Crippen molar-refractivity contribution in [3.63, 3.8) is 0 Å². The summed E-state index contributed by atoms with van der Waals surface area (Å²) in [6.45, 7) is 11.7. The highest BCUT2D eigenvalue weighted by Crippen LogP contribution is 2.56. The first kappa shape index (κ1) is 56.6. The number of aliphatic imine (C=N–C) groups is 2. The van der Waals surface area contributed by atoms with Crippen LogP contribution in [0.15, 0.2) is 87.8 Å². The van der Waals surface area contributed by atoms with Gasteiger partial charge in [0.05, 0.1) is 37.8 Å². The van der Waals surface area contributed by atoms with Crippen LogP contribution in [0.4, 0.5) is 15.8 Å². The molecule has 6 atom stereocenters. The first-order chi connectivity index (χ1) is 39.8. The van der Waals surface area contributed by atoms with Gasteiger partial charge >= 0.3 is 0 Å². The second-order valence-electron chi connectivity index (χ2n) is 23.3. The average molecular weight is 1120 g/mol. The monoisotopic (exact) mass is 1120 g/mol. The van der Waals surface area contributed by atoms with Gasteiger partial charge in [-0.05, 0) is 110 Å². The predicted molar refractivity (Wildman–Crippen MR) is 314 cm³/mol. The van der Waals surface area contributed by atoms with Crippen LogP contribution in [0.25, 0.3) is 22.4 Å². The van der Waals surface area contributed by atoms with Crippen LogP contribution in [0.1, 0.15) is 131 Å². The normalized spacial score (nSPS) is 22.3. The molecular weight excluding hydrogens is 1040 g/mol. The summed E-state index contributed by atoms with van der Waals surface area (Å²) >= 11 is 0. The summed E-state index contributed by atoms with van der Waals surface area (Å²) in [5.41, 5.74) is 22.9. The zero-order valence-corrected chi connectivity index (χ0v) is 47.5. The average Bonchev–Trinajstić information content (AvgIpc) is 1.85. The molecule has 1 unspecified atom stereocenters. The third-order valence-electron chi connectivity index (χ3n) is 17.5. The van der Waals surface area contributed by atoms with Crippen LogP contribution in [0.2, 0.25) is 0 Å². The van der Waals surface area contributed by atoms with E-state index in [9.17, 15) is 14.7 Å². The molecule has 82 heavy (non-hydrogen) atoms. The van der Waals surface area contributed by atoms with Crippen LogP contribution >= 0.6 is 0 Å². The molecular formula is C62H78FN13O6. The fourth-order valence-corrected chi connectivity index (χ4v) is 13.0. The summed E-state index contributed by atoms with van der Waals surface area (Å²) in [6, 6.07) is 10.00. The number of ether oxygens (including phenoxy) is 3. The standard InChI is InChI=1S/C62H78FN13O6/c1-5-53(75-31-42-25-43(75)29-69-42)46-26-45(38-12-13-38)56(55-36(4)48(63)27-49(65)47(55)28-64)59(57(46)71-62(66)82-44-18-23-80-24-19-44)81-34-37-8-10-40(11-9-37)51-32-76(73-72-51)58(35(2)3)61(79)74-22-6-7-54(74)60(78)70-52(33-77)41-16-14-39(15-17-41)50-30-67-20-21-68-50/h8-11,14,16,21,26-28,30,32,35,38,42-44,52-54,58,64,67,69,77H,5-7,12-13,15,17-20,22-25,29,31,33-34,65H2,1-4H3,(H2,66,71)(H,70,78)/t42-,43-,52-,53?,54-,58-/m0/s1. The summed E-state index contributed by atoms with van der Waals surface area (Å²) < 4.78 is 36.9. The Labute approximate surface area is 479 Å². The number of halogens is 1. The SMILES string of the molecule is CCC(c1cc(C2CC2)c(-c2c(C)c(F)cc(N)c2C=N)c(OCc2ccc(-c3cn([C@H](C(=O)N4CCC[C@H]4C(=O)N[C@@H](CO)C4=CC=C(C5=CNCC=N5)CC4)C(C)C)nn3)cc2)c1N=C(N)OC1CCOCC1)N1C[C@@H]2C[C@H]1CN2. The first-order valence-corrected chi connectivity index (χ1v) is 29.4. The number of nitrogens with zero attached hydrogens (tertiary/aromatic N) is 7. The molecule has 1 aromatic heterocycles. The predicted octanol–water partition coefficient (Wildman–Crippen LogP) is 7.56. The number of piperazine rings is 1. The molecule has 3 aromatic carbocycles. The van der Waals surface area contributed by atoms with Crippen LogP contribution in [-0.4, -0.2) is 136 Å². The Morgan fingerprint density at radius 2 is 1.89 bits per heavy atom. The molecule has 9 N–H and O–H groups in total. The molecule has 11 rings (SSSR count). The van der Waals surface area contributed by atoms with Crippen molar-refractivity contribution in [3.8, 4) is 28.1 Å². The van der Waals surface area contributed by atoms with E-state index in [2.05, 4.69) is 49.1 Å². The molecule has 5 fully saturated rings. The Bertz CT molecular complexity index is 3210. The third kappa shape index (κ3) is 11.7. The number of likely N-dealkylation sites (tertiary alicyclic amines) is 2. The third-order valence-corrected chi connectivity index (χ3v) is 17.5. The summed E-state index contributed by atoms with van der Waals surface area (Å²) in [5.74, 6) is -0.601. The number of nitrogens with two attached hydrogens (primary N) is 2. The molecule has 1 saturated carbocycles. The van der Waals surface area contributed by atoms with Gasteiger partial charge in [0, 0.05) is 104 Å². The van der Waals surface area contributed by atoms with Crippen molar-refractivity contribution < 1.29 is 33.3 Å². The number of fused-ring (bicyclic) bond motifs is 2. The Morgan fingerprint density at radius 3 is 2.55 bits per heavy atom. The number of carbonyl (C=O) groups excluding carboxylic acids is 2. The lowest BCUT2D eigenvalue weighted by molar-refractivity contribution is -0.142. The quantitative estimate of drug-likeness (QED) is 0.0257. The van der Waals surface area contributed by atoms with Gasteiger partial charge in [0.15, 0.2) is 5.75 Å². The van der Waals surface area contributed by atoms with Crippen molar-refractivity contribution in [2.45, 2.75) is 147 Å². The highest BCUT2D eigenvalue weighted by atomic mass is 19.1. The van der Waals surface area contributed by atoms with Gasteiger partial charge in [0.25, 0.3) is 6.02 Å². The van der Waals surface area contributed by atoms with E-state index in [4.69, 9.17) is 36.1 Å². The number of amides is 2. The number of aromatic nitrogens is 3. The number of aliphatic hydroxyl groups is 1. The second-order valence-corrected chi connectivity index (χ2v) is 23.3. The lowest BCUT2D eigenvalue weighted by atomic mass is 9.84. The van der Waals surface area contributed by atoms with E-state index in [1.54, 1.807) is 22.7 Å². The molecule has 0 radical (unpaired) electrons. The maximum Gasteiger partial charge on any atom is 0.287 e. The number of carbonyl (C=O) groups is 2. The summed E-state index contributed by atoms with van der Waals surface area (Å²) in [7, 11) is 0. The number of hydrogen-bond acceptors (Lipinski definition) is 15. The highest BCUT2D eigenvalue weighted by Gasteiger charge is 2.44. The summed E-state index contributed by atoms with van der Waals surface area (Å²) in [5, 5.41) is 38.1. The number of aliphatic hydroxyl groups excluding tert-OH is 1. The Balaban J connectivity index is 0.873. The number of amidine groups is 1. The van der Waals surface area contributed by atoms with E-state index in [1.807, 2.05) is 62.7 Å². The van der Waals surface area contributed by atoms with E-state index in [0.717, 1.165) is 84.3 Å². The van der Waals surface area contributed by atoms with E-state index in [1.165, 1.54) is 12.3 Å². The highest BCUT2D eigenvalue weighted by molar-refractivity contribution is 6.00. The molecule has 20 heteroatoms. The van der Waals surface area contributed by atoms with E-state index < -0.39 is 23.9 Å². The van der Waals surface area contributed by atoms with Gasteiger partial charge in [0.2, 0.25) is 11.8 Å². The van der Waals surface area contributed by atoms with E-state index in [-0.39, 0.29) is 60.7 Å². The lowest BCUT2D eigenvalue weighted by Crippen LogP contribution is -2.52. The first-order valence-electron chi connectivity index (χ1n) is 29.4. The van der Waals surface area contributed by atoms with Crippen molar-refractivity contribution in [3.05, 3.63) is 111 Å². The zero-order valence-electron chi connectivity index (χ0n) is 47.5. The van der Waals surface area contributed by atoms with E-state index in [0.29, 0.717) is 110 Å². The Hall–Kier alpha value is -7.26. The van der Waals surface area contributed by atoms with E-state index >= 15 is 4.39 Å².